The Kier molecular flexibility index (Phi) is 6.27. The van der Waals surface area contributed by atoms with E-state index >= 15 is 0 Å². The second kappa shape index (κ2) is 8.99. The zero-order valence-electron chi connectivity index (χ0n) is 18.3. The molecule has 7 nitrogen and oxygen atoms in total. The summed E-state index contributed by atoms with van der Waals surface area (Å²) >= 11 is 0. The first-order chi connectivity index (χ1) is 15.7. The van der Waals surface area contributed by atoms with Crippen molar-refractivity contribution in [3.63, 3.8) is 0 Å². The predicted molar refractivity (Wildman–Crippen MR) is 130 cm³/mol. The van der Waals surface area contributed by atoms with Gasteiger partial charge in [0.25, 0.3) is 10.0 Å². The molecular formula is C24H25N3O4S2. The third kappa shape index (κ3) is 4.94. The van der Waals surface area contributed by atoms with Crippen LogP contribution in [0.1, 0.15) is 36.1 Å². The number of hydrogen-bond acceptors (Lipinski definition) is 5. The second-order valence-corrected chi connectivity index (χ2v) is 11.7. The zero-order valence-corrected chi connectivity index (χ0v) is 20.0. The quantitative estimate of drug-likeness (QED) is 0.542. The van der Waals surface area contributed by atoms with Crippen molar-refractivity contribution >= 4 is 31.4 Å². The van der Waals surface area contributed by atoms with Crippen LogP contribution in [0, 0.1) is 6.92 Å². The molecule has 0 aliphatic carbocycles. The van der Waals surface area contributed by atoms with E-state index in [1.807, 2.05) is 31.2 Å². The average Bonchev–Trinajstić information content (AvgIpc) is 3.26. The van der Waals surface area contributed by atoms with Crippen molar-refractivity contribution < 1.29 is 16.8 Å². The first kappa shape index (κ1) is 23.0. The van der Waals surface area contributed by atoms with Gasteiger partial charge >= 0.3 is 0 Å². The highest BCUT2D eigenvalue weighted by molar-refractivity contribution is 7.92. The smallest absolute Gasteiger partial charge is 0.279 e. The van der Waals surface area contributed by atoms with Gasteiger partial charge in [-0.1, -0.05) is 60.2 Å². The monoisotopic (exact) mass is 483 g/mol. The standard InChI is InChI=1S/C24H25N3O4S2/c1-3-32(28,29)26-21-12-8-10-19(16-21)23-17-24(20-11-7-9-18(2)15-20)27(25-23)33(30,31)22-13-5-4-6-14-22/h4-16,24,26H,3,17H2,1-2H3. The van der Waals surface area contributed by atoms with Crippen molar-refractivity contribution in [1.29, 1.82) is 0 Å². The zero-order chi connectivity index (χ0) is 23.6. The van der Waals surface area contributed by atoms with Gasteiger partial charge in [0, 0.05) is 12.1 Å². The number of anilines is 1. The van der Waals surface area contributed by atoms with E-state index in [0.717, 1.165) is 11.1 Å². The lowest BCUT2D eigenvalue weighted by Gasteiger charge is -2.23. The minimum atomic E-state index is -3.90. The summed E-state index contributed by atoms with van der Waals surface area (Å²) in [5.41, 5.74) is 3.51. The van der Waals surface area contributed by atoms with E-state index in [1.165, 1.54) is 4.41 Å². The van der Waals surface area contributed by atoms with Crippen LogP contribution in [-0.2, 0) is 20.0 Å². The second-order valence-electron chi connectivity index (χ2n) is 7.86. The summed E-state index contributed by atoms with van der Waals surface area (Å²) in [7, 11) is -7.34. The maximum Gasteiger partial charge on any atom is 0.279 e. The molecule has 3 aromatic rings. The van der Waals surface area contributed by atoms with Gasteiger partial charge in [-0.15, -0.1) is 0 Å². The van der Waals surface area contributed by atoms with Gasteiger partial charge in [-0.2, -0.15) is 17.9 Å². The van der Waals surface area contributed by atoms with E-state index in [0.29, 0.717) is 23.4 Å². The molecule has 0 aromatic heterocycles. The Morgan fingerprint density at radius 1 is 0.939 bits per heavy atom. The molecule has 0 saturated heterocycles. The van der Waals surface area contributed by atoms with Gasteiger partial charge in [-0.05, 0) is 49.2 Å². The fraction of sp³-hybridized carbons (Fsp3) is 0.208. The van der Waals surface area contributed by atoms with Crippen LogP contribution in [0.25, 0.3) is 0 Å². The van der Waals surface area contributed by atoms with Gasteiger partial charge in [0.2, 0.25) is 10.0 Å². The molecule has 0 radical (unpaired) electrons. The summed E-state index contributed by atoms with van der Waals surface area (Å²) in [6.07, 6.45) is 0.361. The van der Waals surface area contributed by atoms with Gasteiger partial charge in [0.15, 0.2) is 0 Å². The van der Waals surface area contributed by atoms with Crippen LogP contribution in [0.5, 0.6) is 0 Å². The molecular weight excluding hydrogens is 458 g/mol. The van der Waals surface area contributed by atoms with E-state index < -0.39 is 26.1 Å². The molecule has 1 aliphatic rings. The van der Waals surface area contributed by atoms with E-state index in [-0.39, 0.29) is 10.6 Å². The first-order valence-electron chi connectivity index (χ1n) is 10.5. The van der Waals surface area contributed by atoms with Gasteiger partial charge in [0.1, 0.15) is 0 Å². The fourth-order valence-electron chi connectivity index (χ4n) is 3.72. The van der Waals surface area contributed by atoms with E-state index in [2.05, 4.69) is 9.82 Å². The molecule has 4 rings (SSSR count). The molecule has 1 heterocycles. The Balaban J connectivity index is 1.77. The number of benzene rings is 3. The number of aryl methyl sites for hydroxylation is 1. The van der Waals surface area contributed by atoms with E-state index in [4.69, 9.17) is 0 Å². The molecule has 9 heteroatoms. The van der Waals surface area contributed by atoms with Crippen molar-refractivity contribution in [3.8, 4) is 0 Å². The molecule has 3 aromatic carbocycles. The van der Waals surface area contributed by atoms with Crippen molar-refractivity contribution in [2.45, 2.75) is 31.2 Å². The highest BCUT2D eigenvalue weighted by Gasteiger charge is 2.37. The predicted octanol–water partition coefficient (Wildman–Crippen LogP) is 4.30. The van der Waals surface area contributed by atoms with Crippen molar-refractivity contribution in [3.05, 3.63) is 95.6 Å². The lowest BCUT2D eigenvalue weighted by molar-refractivity contribution is 0.371. The van der Waals surface area contributed by atoms with E-state index in [1.54, 1.807) is 61.5 Å². The molecule has 1 atom stereocenters. The molecule has 1 unspecified atom stereocenters. The molecule has 1 aliphatic heterocycles. The van der Waals surface area contributed by atoms with Crippen LogP contribution in [0.3, 0.4) is 0 Å². The summed E-state index contributed by atoms with van der Waals surface area (Å²) in [5.74, 6) is -0.0449. The average molecular weight is 484 g/mol. The van der Waals surface area contributed by atoms with Gasteiger partial charge in [-0.25, -0.2) is 8.42 Å². The lowest BCUT2D eigenvalue weighted by Crippen LogP contribution is -2.27. The van der Waals surface area contributed by atoms with E-state index in [9.17, 15) is 16.8 Å². The van der Waals surface area contributed by atoms with Crippen LogP contribution in [0.2, 0.25) is 0 Å². The number of nitrogens with zero attached hydrogens (tertiary/aromatic N) is 2. The number of hydrazone groups is 1. The highest BCUT2D eigenvalue weighted by atomic mass is 32.2. The van der Waals surface area contributed by atoms with Crippen LogP contribution in [-0.4, -0.2) is 32.7 Å². The summed E-state index contributed by atoms with van der Waals surface area (Å²) in [5, 5.41) is 4.54. The fourth-order valence-corrected chi connectivity index (χ4v) is 5.81. The summed E-state index contributed by atoms with van der Waals surface area (Å²) in [6, 6.07) is 22.3. The normalized spacial score (nSPS) is 16.5. The highest BCUT2D eigenvalue weighted by Crippen LogP contribution is 2.37. The molecule has 0 amide bonds. The number of rotatable bonds is 7. The summed E-state index contributed by atoms with van der Waals surface area (Å²) < 4.78 is 54.7. The molecule has 1 N–H and O–H groups in total. The molecule has 33 heavy (non-hydrogen) atoms. The number of sulfonamides is 2. The topological polar surface area (TPSA) is 95.9 Å². The first-order valence-corrected chi connectivity index (χ1v) is 13.6. The third-order valence-corrected chi connectivity index (χ3v) is 8.44. The van der Waals surface area contributed by atoms with Crippen LogP contribution >= 0.6 is 0 Å². The Hall–Kier alpha value is -3.17. The number of hydrogen-bond donors (Lipinski definition) is 1. The van der Waals surface area contributed by atoms with Crippen molar-refractivity contribution in [2.75, 3.05) is 10.5 Å². The van der Waals surface area contributed by atoms with Crippen LogP contribution in [0.4, 0.5) is 5.69 Å². The van der Waals surface area contributed by atoms with Crippen LogP contribution in [0.15, 0.2) is 88.9 Å². The third-order valence-electron chi connectivity index (χ3n) is 5.44. The van der Waals surface area contributed by atoms with Crippen molar-refractivity contribution in [2.24, 2.45) is 5.10 Å². The number of nitrogens with one attached hydrogen (secondary N) is 1. The van der Waals surface area contributed by atoms with Gasteiger partial charge in [0.05, 0.1) is 22.4 Å². The molecule has 0 spiro atoms. The van der Waals surface area contributed by atoms with Gasteiger partial charge in [-0.3, -0.25) is 4.72 Å². The lowest BCUT2D eigenvalue weighted by atomic mass is 9.98. The maximum atomic E-state index is 13.5. The Morgan fingerprint density at radius 2 is 1.67 bits per heavy atom. The largest absolute Gasteiger partial charge is 0.284 e. The van der Waals surface area contributed by atoms with Crippen LogP contribution < -0.4 is 4.72 Å². The summed E-state index contributed by atoms with van der Waals surface area (Å²) in [4.78, 5) is 0.164. The minimum Gasteiger partial charge on any atom is -0.284 e. The Bertz CT molecular complexity index is 1400. The Labute approximate surface area is 194 Å². The van der Waals surface area contributed by atoms with Gasteiger partial charge < -0.3 is 0 Å². The molecule has 0 bridgehead atoms. The summed E-state index contributed by atoms with van der Waals surface area (Å²) in [6.45, 7) is 3.52. The molecule has 172 valence electrons. The minimum absolute atomic E-state index is 0.0449. The Morgan fingerprint density at radius 3 is 2.36 bits per heavy atom. The maximum absolute atomic E-state index is 13.5. The van der Waals surface area contributed by atoms with Crippen molar-refractivity contribution in [1.82, 2.24) is 4.41 Å². The molecule has 0 fully saturated rings. The molecule has 0 saturated carbocycles. The SMILES string of the molecule is CCS(=O)(=O)Nc1cccc(C2=NN(S(=O)(=O)c3ccccc3)C(c3cccc(C)c3)C2)c1.